The highest BCUT2D eigenvalue weighted by Crippen LogP contribution is 2.34. The number of carbonyl (C=O) groups excluding carboxylic acids is 1. The predicted molar refractivity (Wildman–Crippen MR) is 57.9 cm³/mol. The Morgan fingerprint density at radius 2 is 2.16 bits per heavy atom. The van der Waals surface area contributed by atoms with Crippen LogP contribution in [0.1, 0.15) is 30.7 Å². The second-order valence-electron chi connectivity index (χ2n) is 3.98. The minimum Gasteiger partial charge on any atom is -0.390 e. The molecule has 1 rings (SSSR count). The molecule has 0 aliphatic rings. The van der Waals surface area contributed by atoms with E-state index in [2.05, 4.69) is 10.4 Å². The van der Waals surface area contributed by atoms with Crippen LogP contribution in [0.25, 0.3) is 0 Å². The second-order valence-corrected chi connectivity index (χ2v) is 3.98. The first-order chi connectivity index (χ1) is 8.73. The third-order valence-electron chi connectivity index (χ3n) is 2.45. The second kappa shape index (κ2) is 6.02. The van der Waals surface area contributed by atoms with Gasteiger partial charge in [-0.1, -0.05) is 0 Å². The van der Waals surface area contributed by atoms with E-state index in [0.717, 1.165) is 6.20 Å². The van der Waals surface area contributed by atoms with Crippen LogP contribution in [0.15, 0.2) is 6.20 Å². The Hall–Kier alpha value is -1.61. The van der Waals surface area contributed by atoms with Gasteiger partial charge in [-0.05, 0) is 6.42 Å². The molecule has 6 nitrogen and oxygen atoms in total. The number of rotatable bonds is 5. The maximum Gasteiger partial charge on any atom is 0.433 e. The molecule has 4 N–H and O–H groups in total. The van der Waals surface area contributed by atoms with Gasteiger partial charge in [0, 0.05) is 19.0 Å². The largest absolute Gasteiger partial charge is 0.433 e. The lowest BCUT2D eigenvalue weighted by molar-refractivity contribution is -0.143. The van der Waals surface area contributed by atoms with Crippen LogP contribution in [0.4, 0.5) is 13.2 Å². The minimum atomic E-state index is -4.69. The molecule has 0 spiro atoms. The van der Waals surface area contributed by atoms with Crippen LogP contribution in [-0.4, -0.2) is 39.0 Å². The average Bonchev–Trinajstić information content (AvgIpc) is 2.75. The number of aromatic nitrogens is 2. The molecule has 1 amide bonds. The Bertz CT molecular complexity index is 433. The normalized spacial score (nSPS) is 15.1. The molecule has 0 aliphatic heterocycles. The summed E-state index contributed by atoms with van der Waals surface area (Å²) in [4.78, 5) is 10.6. The molecule has 0 bridgehead atoms. The van der Waals surface area contributed by atoms with Gasteiger partial charge in [0.1, 0.15) is 11.8 Å². The fraction of sp³-hybridized carbons (Fsp3) is 0.600. The average molecular weight is 281 g/mol. The molecule has 1 heterocycles. The summed E-state index contributed by atoms with van der Waals surface area (Å²) in [5, 5.41) is 26.6. The van der Waals surface area contributed by atoms with E-state index in [9.17, 15) is 28.2 Å². The number of aliphatic hydroxyl groups excluding tert-OH is 2. The molecular weight excluding hydrogens is 267 g/mol. The van der Waals surface area contributed by atoms with Crippen molar-refractivity contribution >= 4 is 5.91 Å². The third-order valence-corrected chi connectivity index (χ3v) is 2.45. The van der Waals surface area contributed by atoms with Gasteiger partial charge in [-0.15, -0.1) is 0 Å². The molecule has 2 atom stereocenters. The summed E-state index contributed by atoms with van der Waals surface area (Å²) >= 11 is 0. The fourth-order valence-electron chi connectivity index (χ4n) is 1.51. The quantitative estimate of drug-likeness (QED) is 0.626. The number of nitrogens with one attached hydrogen (secondary N) is 2. The highest BCUT2D eigenvalue weighted by Gasteiger charge is 2.38. The zero-order valence-corrected chi connectivity index (χ0v) is 10.0. The Morgan fingerprint density at radius 3 is 2.68 bits per heavy atom. The van der Waals surface area contributed by atoms with E-state index in [4.69, 9.17) is 0 Å². The first-order valence-electron chi connectivity index (χ1n) is 5.44. The number of alkyl halides is 3. The number of halogens is 3. The number of carbonyl (C=O) groups is 1. The molecular formula is C10H14F3N3O3. The summed E-state index contributed by atoms with van der Waals surface area (Å²) in [6.07, 6.45) is -7.13. The van der Waals surface area contributed by atoms with Crippen LogP contribution in [0.5, 0.6) is 0 Å². The first-order valence-corrected chi connectivity index (χ1v) is 5.44. The highest BCUT2D eigenvalue weighted by molar-refractivity contribution is 5.72. The number of aliphatic hydroxyl groups is 2. The van der Waals surface area contributed by atoms with Gasteiger partial charge in [-0.25, -0.2) is 0 Å². The van der Waals surface area contributed by atoms with Gasteiger partial charge in [0.25, 0.3) is 0 Å². The summed E-state index contributed by atoms with van der Waals surface area (Å²) in [6, 6.07) is 0. The number of hydrogen-bond acceptors (Lipinski definition) is 4. The Balaban J connectivity index is 2.69. The molecule has 0 radical (unpaired) electrons. The lowest BCUT2D eigenvalue weighted by atomic mass is 10.0. The first kappa shape index (κ1) is 15.4. The molecule has 0 saturated heterocycles. The zero-order chi connectivity index (χ0) is 14.6. The van der Waals surface area contributed by atoms with Gasteiger partial charge in [-0.2, -0.15) is 18.3 Å². The molecule has 2 unspecified atom stereocenters. The molecule has 0 aliphatic carbocycles. The monoisotopic (exact) mass is 281 g/mol. The van der Waals surface area contributed by atoms with E-state index >= 15 is 0 Å². The van der Waals surface area contributed by atoms with Crippen molar-refractivity contribution < 1.29 is 28.2 Å². The summed E-state index contributed by atoms with van der Waals surface area (Å²) in [5.74, 6) is -0.332. The predicted octanol–water partition coefficient (Wildman–Crippen LogP) is 0.349. The minimum absolute atomic E-state index is 0.0484. The summed E-state index contributed by atoms with van der Waals surface area (Å²) < 4.78 is 37.6. The van der Waals surface area contributed by atoms with Crippen molar-refractivity contribution in [3.05, 3.63) is 17.5 Å². The maximum atomic E-state index is 12.5. The number of aromatic amines is 1. The van der Waals surface area contributed by atoms with Crippen LogP contribution in [-0.2, 0) is 11.0 Å². The molecule has 1 aromatic rings. The topological polar surface area (TPSA) is 98.2 Å². The lowest BCUT2D eigenvalue weighted by Gasteiger charge is -2.18. The van der Waals surface area contributed by atoms with Crippen LogP contribution >= 0.6 is 0 Å². The van der Waals surface area contributed by atoms with Gasteiger partial charge in [-0.3, -0.25) is 9.89 Å². The van der Waals surface area contributed by atoms with Gasteiger partial charge in [0.15, 0.2) is 0 Å². The molecule has 9 heteroatoms. The summed E-state index contributed by atoms with van der Waals surface area (Å²) in [6.45, 7) is 1.31. The van der Waals surface area contributed by atoms with Gasteiger partial charge >= 0.3 is 6.18 Å². The SMILES string of the molecule is CC(=O)NCCC(O)C(O)c1cn[nH]c1C(F)(F)F. The molecule has 19 heavy (non-hydrogen) atoms. The van der Waals surface area contributed by atoms with E-state index in [1.165, 1.54) is 6.92 Å². The molecule has 108 valence electrons. The third kappa shape index (κ3) is 4.21. The number of hydrogen-bond donors (Lipinski definition) is 4. The van der Waals surface area contributed by atoms with Gasteiger partial charge in [0.05, 0.1) is 12.3 Å². The van der Waals surface area contributed by atoms with Gasteiger partial charge < -0.3 is 15.5 Å². The van der Waals surface area contributed by atoms with Crippen molar-refractivity contribution in [2.24, 2.45) is 0 Å². The van der Waals surface area contributed by atoms with E-state index in [1.54, 1.807) is 5.10 Å². The van der Waals surface area contributed by atoms with E-state index in [-0.39, 0.29) is 18.9 Å². The smallest absolute Gasteiger partial charge is 0.390 e. The molecule has 0 saturated carbocycles. The highest BCUT2D eigenvalue weighted by atomic mass is 19.4. The van der Waals surface area contributed by atoms with Crippen LogP contribution < -0.4 is 5.32 Å². The molecule has 0 fully saturated rings. The Morgan fingerprint density at radius 1 is 1.53 bits per heavy atom. The molecule has 0 aromatic carbocycles. The summed E-state index contributed by atoms with van der Waals surface area (Å²) in [7, 11) is 0. The van der Waals surface area contributed by atoms with E-state index in [0.29, 0.717) is 0 Å². The fourth-order valence-corrected chi connectivity index (χ4v) is 1.51. The Kier molecular flexibility index (Phi) is 4.90. The van der Waals surface area contributed by atoms with Crippen molar-refractivity contribution in [1.29, 1.82) is 0 Å². The lowest BCUT2D eigenvalue weighted by Crippen LogP contribution is -2.28. The van der Waals surface area contributed by atoms with Crippen molar-refractivity contribution in [3.8, 4) is 0 Å². The number of H-pyrrole nitrogens is 1. The maximum absolute atomic E-state index is 12.5. The van der Waals surface area contributed by atoms with Crippen molar-refractivity contribution in [2.45, 2.75) is 31.7 Å². The van der Waals surface area contributed by atoms with Crippen molar-refractivity contribution in [3.63, 3.8) is 0 Å². The van der Waals surface area contributed by atoms with Gasteiger partial charge in [0.2, 0.25) is 5.91 Å². The zero-order valence-electron chi connectivity index (χ0n) is 10.0. The summed E-state index contributed by atoms with van der Waals surface area (Å²) in [5.41, 5.74) is -1.72. The van der Waals surface area contributed by atoms with E-state index in [1.807, 2.05) is 0 Å². The van der Waals surface area contributed by atoms with Crippen LogP contribution in [0.3, 0.4) is 0 Å². The Labute approximate surface area is 106 Å². The number of nitrogens with zero attached hydrogens (tertiary/aromatic N) is 1. The van der Waals surface area contributed by atoms with Crippen molar-refractivity contribution in [2.75, 3.05) is 6.54 Å². The van der Waals surface area contributed by atoms with E-state index < -0.39 is 29.6 Å². The number of amides is 1. The van der Waals surface area contributed by atoms with Crippen molar-refractivity contribution in [1.82, 2.24) is 15.5 Å². The standard InChI is InChI=1S/C10H14F3N3O3/c1-5(17)14-3-2-7(18)8(19)6-4-15-16-9(6)10(11,12)13/h4,7-8,18-19H,2-3H2,1H3,(H,14,17)(H,15,16). The molecule has 1 aromatic heterocycles. The van der Waals surface area contributed by atoms with Crippen LogP contribution in [0.2, 0.25) is 0 Å². The van der Waals surface area contributed by atoms with Crippen LogP contribution in [0, 0.1) is 0 Å².